The third-order valence-electron chi connectivity index (χ3n) is 6.85. The molecular weight excluding hydrogens is 416 g/mol. The van der Waals surface area contributed by atoms with E-state index in [4.69, 9.17) is 4.74 Å². The summed E-state index contributed by atoms with van der Waals surface area (Å²) < 4.78 is 5.39. The molecule has 0 spiro atoms. The molecule has 0 saturated carbocycles. The van der Waals surface area contributed by atoms with Crippen molar-refractivity contribution in [1.29, 1.82) is 0 Å². The SMILES string of the molecule is COc1ccc2[nH]c3c(c2c1)CN(C(=O)CC1C(=O)NCCN1Cc1ccc(C)cc1)CC3. The standard InChI is InChI=1S/C26H30N4O3/c1-17-3-5-18(6-4-17)15-29-12-10-27-26(32)24(29)14-25(31)30-11-9-23-21(16-30)20-13-19(33-2)7-8-22(20)28-23/h3-8,13,24,28H,9-12,14-16H2,1-2H3,(H,27,32). The number of nitrogens with one attached hydrogen (secondary N) is 2. The predicted molar refractivity (Wildman–Crippen MR) is 127 cm³/mol. The van der Waals surface area contributed by atoms with Crippen molar-refractivity contribution >= 4 is 22.7 Å². The molecule has 7 nitrogen and oxygen atoms in total. The van der Waals surface area contributed by atoms with Crippen molar-refractivity contribution < 1.29 is 14.3 Å². The van der Waals surface area contributed by atoms with Gasteiger partial charge in [0, 0.05) is 61.3 Å². The molecule has 2 aromatic carbocycles. The van der Waals surface area contributed by atoms with Crippen LogP contribution in [-0.4, -0.2) is 59.4 Å². The van der Waals surface area contributed by atoms with E-state index >= 15 is 0 Å². The Bertz CT molecular complexity index is 1180. The molecular formula is C26H30N4O3. The van der Waals surface area contributed by atoms with Gasteiger partial charge in [0.25, 0.3) is 0 Å². The number of aryl methyl sites for hydroxylation is 1. The highest BCUT2D eigenvalue weighted by atomic mass is 16.5. The van der Waals surface area contributed by atoms with Crippen LogP contribution in [0, 0.1) is 6.92 Å². The molecule has 1 aromatic heterocycles. The van der Waals surface area contributed by atoms with Gasteiger partial charge in [-0.15, -0.1) is 0 Å². The van der Waals surface area contributed by atoms with Crippen LogP contribution in [0.4, 0.5) is 0 Å². The number of benzene rings is 2. The molecule has 1 saturated heterocycles. The third kappa shape index (κ3) is 4.33. The summed E-state index contributed by atoms with van der Waals surface area (Å²) in [6.07, 6.45) is 0.973. The lowest BCUT2D eigenvalue weighted by atomic mass is 10.0. The second kappa shape index (κ2) is 8.90. The normalized spacial score (nSPS) is 18.8. The maximum absolute atomic E-state index is 13.3. The van der Waals surface area contributed by atoms with Gasteiger partial charge < -0.3 is 19.9 Å². The molecule has 0 bridgehead atoms. The van der Waals surface area contributed by atoms with E-state index in [9.17, 15) is 9.59 Å². The Balaban J connectivity index is 1.31. The van der Waals surface area contributed by atoms with Gasteiger partial charge in [-0.2, -0.15) is 0 Å². The number of methoxy groups -OCH3 is 1. The smallest absolute Gasteiger partial charge is 0.237 e. The van der Waals surface area contributed by atoms with Crippen molar-refractivity contribution in [2.75, 3.05) is 26.7 Å². The molecule has 2 aliphatic heterocycles. The Morgan fingerprint density at radius 1 is 1.15 bits per heavy atom. The molecule has 3 aromatic rings. The van der Waals surface area contributed by atoms with Gasteiger partial charge in [-0.3, -0.25) is 14.5 Å². The van der Waals surface area contributed by atoms with Crippen LogP contribution < -0.4 is 10.1 Å². The summed E-state index contributed by atoms with van der Waals surface area (Å²) in [7, 11) is 1.66. The average Bonchev–Trinajstić information content (AvgIpc) is 3.19. The first-order chi connectivity index (χ1) is 16.0. The molecule has 2 aliphatic rings. The number of carbonyl (C=O) groups excluding carboxylic acids is 2. The van der Waals surface area contributed by atoms with E-state index in [1.54, 1.807) is 7.11 Å². The maximum Gasteiger partial charge on any atom is 0.237 e. The Morgan fingerprint density at radius 2 is 1.97 bits per heavy atom. The monoisotopic (exact) mass is 446 g/mol. The Hall–Kier alpha value is -3.32. The van der Waals surface area contributed by atoms with E-state index in [-0.39, 0.29) is 18.2 Å². The number of amides is 2. The first kappa shape index (κ1) is 21.5. The second-order valence-electron chi connectivity index (χ2n) is 9.03. The van der Waals surface area contributed by atoms with Gasteiger partial charge in [-0.25, -0.2) is 0 Å². The van der Waals surface area contributed by atoms with Gasteiger partial charge in [0.1, 0.15) is 5.75 Å². The zero-order valence-corrected chi connectivity index (χ0v) is 19.2. The van der Waals surface area contributed by atoms with Gasteiger partial charge in [0.15, 0.2) is 0 Å². The molecule has 2 amide bonds. The summed E-state index contributed by atoms with van der Waals surface area (Å²) in [5.41, 5.74) is 5.75. The van der Waals surface area contributed by atoms with Crippen molar-refractivity contribution in [1.82, 2.24) is 20.1 Å². The predicted octanol–water partition coefficient (Wildman–Crippen LogP) is 2.76. The summed E-state index contributed by atoms with van der Waals surface area (Å²) in [5, 5.41) is 4.04. The van der Waals surface area contributed by atoms with Crippen LogP contribution in [0.3, 0.4) is 0 Å². The molecule has 2 N–H and O–H groups in total. The minimum Gasteiger partial charge on any atom is -0.497 e. The lowest BCUT2D eigenvalue weighted by molar-refractivity contribution is -0.139. The molecule has 0 radical (unpaired) electrons. The largest absolute Gasteiger partial charge is 0.497 e. The van der Waals surface area contributed by atoms with Gasteiger partial charge in [0.2, 0.25) is 11.8 Å². The van der Waals surface area contributed by atoms with Crippen LogP contribution in [0.1, 0.15) is 28.8 Å². The number of carbonyl (C=O) groups is 2. The van der Waals surface area contributed by atoms with Crippen LogP contribution in [0.2, 0.25) is 0 Å². The van der Waals surface area contributed by atoms with Crippen LogP contribution in [0.5, 0.6) is 5.75 Å². The molecule has 0 aliphatic carbocycles. The van der Waals surface area contributed by atoms with Crippen LogP contribution >= 0.6 is 0 Å². The molecule has 5 rings (SSSR count). The zero-order valence-electron chi connectivity index (χ0n) is 19.2. The highest BCUT2D eigenvalue weighted by Gasteiger charge is 2.34. The highest BCUT2D eigenvalue weighted by molar-refractivity contribution is 5.90. The molecule has 3 heterocycles. The van der Waals surface area contributed by atoms with Crippen molar-refractivity contribution in [3.05, 3.63) is 64.8 Å². The number of nitrogens with zero attached hydrogens (tertiary/aromatic N) is 2. The fourth-order valence-corrected chi connectivity index (χ4v) is 4.93. The number of aromatic nitrogens is 1. The van der Waals surface area contributed by atoms with Crippen molar-refractivity contribution in [3.63, 3.8) is 0 Å². The molecule has 1 unspecified atom stereocenters. The third-order valence-corrected chi connectivity index (χ3v) is 6.85. The number of ether oxygens (including phenoxy) is 1. The van der Waals surface area contributed by atoms with E-state index in [1.165, 1.54) is 11.3 Å². The fraction of sp³-hybridized carbons (Fsp3) is 0.385. The Labute approximate surface area is 193 Å². The first-order valence-electron chi connectivity index (χ1n) is 11.5. The number of piperazine rings is 1. The van der Waals surface area contributed by atoms with Gasteiger partial charge >= 0.3 is 0 Å². The summed E-state index contributed by atoms with van der Waals surface area (Å²) in [4.78, 5) is 33.6. The Morgan fingerprint density at radius 3 is 2.76 bits per heavy atom. The Kier molecular flexibility index (Phi) is 5.81. The maximum atomic E-state index is 13.3. The van der Waals surface area contributed by atoms with Gasteiger partial charge in [-0.05, 0) is 30.7 Å². The first-order valence-corrected chi connectivity index (χ1v) is 11.5. The second-order valence-corrected chi connectivity index (χ2v) is 9.03. The molecule has 1 fully saturated rings. The summed E-state index contributed by atoms with van der Waals surface area (Å²) in [5.74, 6) is 0.767. The number of hydrogen-bond donors (Lipinski definition) is 2. The van der Waals surface area contributed by atoms with Gasteiger partial charge in [0.05, 0.1) is 19.6 Å². The van der Waals surface area contributed by atoms with E-state index in [0.29, 0.717) is 26.2 Å². The van der Waals surface area contributed by atoms with E-state index in [0.717, 1.165) is 40.7 Å². The minimum atomic E-state index is -0.447. The molecule has 1 atom stereocenters. The topological polar surface area (TPSA) is 77.7 Å². The average molecular weight is 447 g/mol. The number of fused-ring (bicyclic) bond motifs is 3. The van der Waals surface area contributed by atoms with Crippen LogP contribution in [-0.2, 0) is 29.1 Å². The molecule has 172 valence electrons. The summed E-state index contributed by atoms with van der Waals surface area (Å²) >= 11 is 0. The van der Waals surface area contributed by atoms with Crippen LogP contribution in [0.25, 0.3) is 10.9 Å². The number of H-pyrrole nitrogens is 1. The highest BCUT2D eigenvalue weighted by Crippen LogP contribution is 2.31. The lowest BCUT2D eigenvalue weighted by Crippen LogP contribution is -2.56. The van der Waals surface area contributed by atoms with Crippen molar-refractivity contribution in [3.8, 4) is 5.75 Å². The van der Waals surface area contributed by atoms with E-state index in [2.05, 4.69) is 46.4 Å². The number of aromatic amines is 1. The van der Waals surface area contributed by atoms with Crippen LogP contribution in [0.15, 0.2) is 42.5 Å². The fourth-order valence-electron chi connectivity index (χ4n) is 4.93. The lowest BCUT2D eigenvalue weighted by Gasteiger charge is -2.36. The minimum absolute atomic E-state index is 0.0221. The quantitative estimate of drug-likeness (QED) is 0.632. The van der Waals surface area contributed by atoms with Crippen molar-refractivity contribution in [2.24, 2.45) is 0 Å². The van der Waals surface area contributed by atoms with Crippen molar-refractivity contribution in [2.45, 2.75) is 38.9 Å². The summed E-state index contributed by atoms with van der Waals surface area (Å²) in [6, 6.07) is 13.9. The zero-order chi connectivity index (χ0) is 22.9. The van der Waals surface area contributed by atoms with Gasteiger partial charge in [-0.1, -0.05) is 29.8 Å². The number of hydrogen-bond acceptors (Lipinski definition) is 4. The number of rotatable bonds is 5. The molecule has 7 heteroatoms. The molecule has 33 heavy (non-hydrogen) atoms. The van der Waals surface area contributed by atoms with E-state index in [1.807, 2.05) is 23.1 Å². The van der Waals surface area contributed by atoms with E-state index < -0.39 is 6.04 Å². The summed E-state index contributed by atoms with van der Waals surface area (Å²) in [6.45, 7) is 5.28.